The Hall–Kier alpha value is -1.09. The van der Waals surface area contributed by atoms with E-state index in [-0.39, 0.29) is 0 Å². The first kappa shape index (κ1) is 11.4. The van der Waals surface area contributed by atoms with Crippen molar-refractivity contribution in [2.24, 2.45) is 5.92 Å². The van der Waals surface area contributed by atoms with Crippen molar-refractivity contribution in [1.82, 2.24) is 10.3 Å². The summed E-state index contributed by atoms with van der Waals surface area (Å²) >= 11 is 0. The summed E-state index contributed by atoms with van der Waals surface area (Å²) in [6.07, 6.45) is 4.46. The minimum Gasteiger partial charge on any atom is -0.368 e. The van der Waals surface area contributed by atoms with Crippen molar-refractivity contribution in [3.8, 4) is 0 Å². The van der Waals surface area contributed by atoms with E-state index in [0.29, 0.717) is 6.04 Å². The van der Waals surface area contributed by atoms with E-state index in [2.05, 4.69) is 41.6 Å². The first-order valence-electron chi connectivity index (χ1n) is 6.16. The fourth-order valence-corrected chi connectivity index (χ4v) is 2.15. The van der Waals surface area contributed by atoms with Gasteiger partial charge in [-0.25, -0.2) is 4.98 Å². The average Bonchev–Trinajstić information content (AvgIpc) is 2.73. The Morgan fingerprint density at radius 3 is 2.94 bits per heavy atom. The number of anilines is 1. The van der Waals surface area contributed by atoms with Crippen LogP contribution in [-0.4, -0.2) is 24.1 Å². The second kappa shape index (κ2) is 5.30. The molecule has 0 unspecified atom stereocenters. The Morgan fingerprint density at radius 1 is 1.50 bits per heavy atom. The molecule has 1 aliphatic rings. The van der Waals surface area contributed by atoms with Gasteiger partial charge in [-0.05, 0) is 57.3 Å². The van der Waals surface area contributed by atoms with Crippen molar-refractivity contribution in [1.29, 1.82) is 0 Å². The van der Waals surface area contributed by atoms with Crippen LogP contribution in [0.3, 0.4) is 0 Å². The van der Waals surface area contributed by atoms with Crippen molar-refractivity contribution in [2.45, 2.75) is 32.7 Å². The quantitative estimate of drug-likeness (QED) is 0.814. The fraction of sp³-hybridized carbons (Fsp3) is 0.615. The molecule has 1 aromatic rings. The van der Waals surface area contributed by atoms with E-state index in [9.17, 15) is 0 Å². The minimum atomic E-state index is 0.442. The first-order chi connectivity index (χ1) is 7.74. The van der Waals surface area contributed by atoms with Crippen LogP contribution >= 0.6 is 0 Å². The Bertz CT molecular complexity index is 312. The molecule has 3 heteroatoms. The Balaban J connectivity index is 1.90. The molecule has 0 spiro atoms. The molecule has 1 fully saturated rings. The van der Waals surface area contributed by atoms with Crippen molar-refractivity contribution < 1.29 is 0 Å². The van der Waals surface area contributed by atoms with Gasteiger partial charge in [0.15, 0.2) is 0 Å². The van der Waals surface area contributed by atoms with E-state index in [0.717, 1.165) is 24.7 Å². The summed E-state index contributed by atoms with van der Waals surface area (Å²) < 4.78 is 0. The maximum Gasteiger partial charge on any atom is 0.126 e. The molecular weight excluding hydrogens is 198 g/mol. The lowest BCUT2D eigenvalue weighted by molar-refractivity contribution is 0.579. The van der Waals surface area contributed by atoms with Gasteiger partial charge in [-0.2, -0.15) is 0 Å². The van der Waals surface area contributed by atoms with Gasteiger partial charge in [-0.3, -0.25) is 0 Å². The zero-order valence-corrected chi connectivity index (χ0v) is 10.2. The van der Waals surface area contributed by atoms with Crippen LogP contribution in [0, 0.1) is 5.92 Å². The second-order valence-electron chi connectivity index (χ2n) is 4.91. The van der Waals surface area contributed by atoms with Crippen LogP contribution in [-0.2, 0) is 6.42 Å². The summed E-state index contributed by atoms with van der Waals surface area (Å²) in [7, 11) is 0. The van der Waals surface area contributed by atoms with Gasteiger partial charge >= 0.3 is 0 Å². The molecule has 16 heavy (non-hydrogen) atoms. The van der Waals surface area contributed by atoms with Gasteiger partial charge in [0.25, 0.3) is 0 Å². The summed E-state index contributed by atoms with van der Waals surface area (Å²) in [5.74, 6) is 1.77. The van der Waals surface area contributed by atoms with Gasteiger partial charge < -0.3 is 10.6 Å². The number of rotatable bonds is 4. The number of aromatic nitrogens is 1. The molecule has 2 rings (SSSR count). The summed E-state index contributed by atoms with van der Waals surface area (Å²) in [5.41, 5.74) is 1.35. The van der Waals surface area contributed by atoms with E-state index in [1.807, 2.05) is 6.20 Å². The number of nitrogens with one attached hydrogen (secondary N) is 2. The third-order valence-electron chi connectivity index (χ3n) is 2.95. The van der Waals surface area contributed by atoms with E-state index < -0.39 is 0 Å². The Kier molecular flexibility index (Phi) is 3.78. The number of hydrogen-bond acceptors (Lipinski definition) is 3. The second-order valence-corrected chi connectivity index (χ2v) is 4.91. The molecule has 1 saturated heterocycles. The smallest absolute Gasteiger partial charge is 0.126 e. The molecule has 0 saturated carbocycles. The highest BCUT2D eigenvalue weighted by atomic mass is 15.0. The van der Waals surface area contributed by atoms with Crippen molar-refractivity contribution >= 4 is 5.82 Å². The number of nitrogens with zero attached hydrogens (tertiary/aromatic N) is 1. The van der Waals surface area contributed by atoms with Crippen LogP contribution in [0.5, 0.6) is 0 Å². The lowest BCUT2D eigenvalue weighted by Gasteiger charge is -2.11. The maximum atomic E-state index is 4.43. The predicted molar refractivity (Wildman–Crippen MR) is 67.7 cm³/mol. The van der Waals surface area contributed by atoms with E-state index >= 15 is 0 Å². The fourth-order valence-electron chi connectivity index (χ4n) is 2.15. The molecular formula is C13H21N3. The molecule has 0 radical (unpaired) electrons. The molecule has 2 heterocycles. The van der Waals surface area contributed by atoms with Gasteiger partial charge in [0, 0.05) is 12.2 Å². The molecule has 1 atom stereocenters. The number of hydrogen-bond donors (Lipinski definition) is 2. The minimum absolute atomic E-state index is 0.442. The van der Waals surface area contributed by atoms with Crippen molar-refractivity contribution in [2.75, 3.05) is 18.4 Å². The molecule has 1 aliphatic heterocycles. The van der Waals surface area contributed by atoms with Crippen LogP contribution in [0.1, 0.15) is 25.8 Å². The number of pyridine rings is 1. The summed E-state index contributed by atoms with van der Waals surface area (Å²) in [6, 6.07) is 4.71. The van der Waals surface area contributed by atoms with Crippen molar-refractivity contribution in [3.05, 3.63) is 23.9 Å². The Morgan fingerprint density at radius 2 is 2.38 bits per heavy atom. The van der Waals surface area contributed by atoms with Crippen LogP contribution < -0.4 is 10.6 Å². The highest BCUT2D eigenvalue weighted by Gasteiger charge is 2.14. The SMILES string of the molecule is CC(C)Nc1ccc(C[C@H]2CCNC2)cn1. The third kappa shape index (κ3) is 3.20. The molecule has 0 aliphatic carbocycles. The molecule has 0 bridgehead atoms. The van der Waals surface area contributed by atoms with E-state index in [1.54, 1.807) is 0 Å². The molecule has 2 N–H and O–H groups in total. The zero-order valence-electron chi connectivity index (χ0n) is 10.2. The molecule has 88 valence electrons. The van der Waals surface area contributed by atoms with Crippen LogP contribution in [0.4, 0.5) is 5.82 Å². The third-order valence-corrected chi connectivity index (χ3v) is 2.95. The van der Waals surface area contributed by atoms with Gasteiger partial charge in [0.05, 0.1) is 0 Å². The first-order valence-corrected chi connectivity index (χ1v) is 6.16. The van der Waals surface area contributed by atoms with Gasteiger partial charge in [0.1, 0.15) is 5.82 Å². The highest BCUT2D eigenvalue weighted by Crippen LogP contribution is 2.15. The lowest BCUT2D eigenvalue weighted by atomic mass is 10.00. The standard InChI is InChI=1S/C13H21N3/c1-10(2)16-13-4-3-11(9-15-13)7-12-5-6-14-8-12/h3-4,9-10,12,14H,5-8H2,1-2H3,(H,15,16)/t12-/m1/s1. The highest BCUT2D eigenvalue weighted by molar-refractivity contribution is 5.36. The molecule has 3 nitrogen and oxygen atoms in total. The van der Waals surface area contributed by atoms with Crippen LogP contribution in [0.25, 0.3) is 0 Å². The van der Waals surface area contributed by atoms with Gasteiger partial charge in [0.2, 0.25) is 0 Å². The zero-order chi connectivity index (χ0) is 11.4. The van der Waals surface area contributed by atoms with E-state index in [1.165, 1.54) is 18.5 Å². The van der Waals surface area contributed by atoms with Crippen LogP contribution in [0.15, 0.2) is 18.3 Å². The lowest BCUT2D eigenvalue weighted by Crippen LogP contribution is -2.12. The van der Waals surface area contributed by atoms with Gasteiger partial charge in [-0.1, -0.05) is 6.07 Å². The van der Waals surface area contributed by atoms with E-state index in [4.69, 9.17) is 0 Å². The molecule has 0 amide bonds. The monoisotopic (exact) mass is 219 g/mol. The predicted octanol–water partition coefficient (Wildman–Crippen LogP) is 2.05. The van der Waals surface area contributed by atoms with Gasteiger partial charge in [-0.15, -0.1) is 0 Å². The summed E-state index contributed by atoms with van der Waals surface area (Å²) in [5, 5.41) is 6.70. The average molecular weight is 219 g/mol. The summed E-state index contributed by atoms with van der Waals surface area (Å²) in [6.45, 7) is 6.58. The summed E-state index contributed by atoms with van der Waals surface area (Å²) in [4.78, 5) is 4.43. The maximum absolute atomic E-state index is 4.43. The largest absolute Gasteiger partial charge is 0.368 e. The Labute approximate surface area is 97.7 Å². The topological polar surface area (TPSA) is 37.0 Å². The van der Waals surface area contributed by atoms with Crippen LogP contribution in [0.2, 0.25) is 0 Å². The molecule has 0 aromatic carbocycles. The van der Waals surface area contributed by atoms with Crippen molar-refractivity contribution in [3.63, 3.8) is 0 Å². The normalized spacial score (nSPS) is 20.3. The molecule has 1 aromatic heterocycles.